The molecular formula is C18H23NO2S. The number of fused-ring (bicyclic) bond motifs is 1. The average molecular weight is 317 g/mol. The van der Waals surface area contributed by atoms with Crippen LogP contribution in [0.2, 0.25) is 0 Å². The largest absolute Gasteiger partial charge is 0.243 e. The van der Waals surface area contributed by atoms with Gasteiger partial charge in [-0.3, -0.25) is 0 Å². The highest BCUT2D eigenvalue weighted by atomic mass is 32.2. The standard InChI is InChI=1S/C18H23NO2S/c1-3-17-6-4-5-11-19(17)22(20,21)18-10-9-15-12-14(2)7-8-16(15)13-18/h7-10,12-13,17H,3-6,11H2,1-2H3/t17-/m0/s1. The van der Waals surface area contributed by atoms with E-state index in [0.717, 1.165) is 36.5 Å². The van der Waals surface area contributed by atoms with Gasteiger partial charge in [0.15, 0.2) is 0 Å². The molecule has 0 spiro atoms. The van der Waals surface area contributed by atoms with Gasteiger partial charge in [-0.2, -0.15) is 4.31 Å². The number of aryl methyl sites for hydroxylation is 1. The van der Waals surface area contributed by atoms with Crippen LogP contribution in [0.25, 0.3) is 10.8 Å². The molecule has 0 N–H and O–H groups in total. The molecule has 1 aliphatic rings. The number of benzene rings is 2. The van der Waals surface area contributed by atoms with Gasteiger partial charge in [-0.15, -0.1) is 0 Å². The van der Waals surface area contributed by atoms with Gasteiger partial charge >= 0.3 is 0 Å². The van der Waals surface area contributed by atoms with E-state index in [2.05, 4.69) is 13.0 Å². The van der Waals surface area contributed by atoms with Crippen molar-refractivity contribution in [2.45, 2.75) is 50.5 Å². The molecule has 0 aliphatic carbocycles. The van der Waals surface area contributed by atoms with E-state index in [1.54, 1.807) is 10.4 Å². The lowest BCUT2D eigenvalue weighted by Crippen LogP contribution is -2.43. The minimum Gasteiger partial charge on any atom is -0.207 e. The summed E-state index contributed by atoms with van der Waals surface area (Å²) < 4.78 is 27.7. The van der Waals surface area contributed by atoms with Crippen LogP contribution in [0.15, 0.2) is 41.3 Å². The lowest BCUT2D eigenvalue weighted by Gasteiger charge is -2.34. The third-order valence-electron chi connectivity index (χ3n) is 4.62. The zero-order valence-corrected chi connectivity index (χ0v) is 14.1. The molecule has 1 aliphatic heterocycles. The van der Waals surface area contributed by atoms with Crippen molar-refractivity contribution in [3.05, 3.63) is 42.0 Å². The SMILES string of the molecule is CC[C@H]1CCCCN1S(=O)(=O)c1ccc2cc(C)ccc2c1. The predicted octanol–water partition coefficient (Wildman–Crippen LogP) is 4.10. The van der Waals surface area contributed by atoms with Crippen molar-refractivity contribution in [1.82, 2.24) is 4.31 Å². The highest BCUT2D eigenvalue weighted by molar-refractivity contribution is 7.89. The normalized spacial score (nSPS) is 20.4. The third-order valence-corrected chi connectivity index (χ3v) is 6.57. The molecule has 4 heteroatoms. The molecule has 1 heterocycles. The molecule has 0 unspecified atom stereocenters. The first-order valence-electron chi connectivity index (χ1n) is 8.04. The first-order chi connectivity index (χ1) is 10.5. The van der Waals surface area contributed by atoms with Gasteiger partial charge in [-0.1, -0.05) is 43.2 Å². The van der Waals surface area contributed by atoms with E-state index in [4.69, 9.17) is 0 Å². The van der Waals surface area contributed by atoms with Crippen LogP contribution in [0.5, 0.6) is 0 Å². The number of rotatable bonds is 3. The Bertz CT molecular complexity index is 783. The van der Waals surface area contributed by atoms with Crippen LogP contribution in [0.1, 0.15) is 38.2 Å². The second kappa shape index (κ2) is 6.01. The fourth-order valence-electron chi connectivity index (χ4n) is 3.34. The van der Waals surface area contributed by atoms with Crippen molar-refractivity contribution >= 4 is 20.8 Å². The maximum absolute atomic E-state index is 13.0. The third kappa shape index (κ3) is 2.77. The zero-order chi connectivity index (χ0) is 15.7. The Morgan fingerprint density at radius 2 is 1.82 bits per heavy atom. The van der Waals surface area contributed by atoms with Gasteiger partial charge in [0.25, 0.3) is 0 Å². The van der Waals surface area contributed by atoms with Gasteiger partial charge in [0.05, 0.1) is 4.90 Å². The molecular weight excluding hydrogens is 294 g/mol. The number of hydrogen-bond acceptors (Lipinski definition) is 2. The summed E-state index contributed by atoms with van der Waals surface area (Å²) in [6.07, 6.45) is 3.94. The summed E-state index contributed by atoms with van der Waals surface area (Å²) in [5.41, 5.74) is 1.19. The van der Waals surface area contributed by atoms with Crippen LogP contribution in [0, 0.1) is 6.92 Å². The summed E-state index contributed by atoms with van der Waals surface area (Å²) in [6, 6.07) is 11.7. The minimum absolute atomic E-state index is 0.146. The van der Waals surface area contributed by atoms with Gasteiger partial charge in [0.2, 0.25) is 10.0 Å². The Hall–Kier alpha value is -1.39. The van der Waals surface area contributed by atoms with E-state index in [9.17, 15) is 8.42 Å². The van der Waals surface area contributed by atoms with Crippen molar-refractivity contribution in [2.75, 3.05) is 6.54 Å². The quantitative estimate of drug-likeness (QED) is 0.854. The Kier molecular flexibility index (Phi) is 4.24. The fourth-order valence-corrected chi connectivity index (χ4v) is 5.14. The van der Waals surface area contributed by atoms with Gasteiger partial charge < -0.3 is 0 Å². The van der Waals surface area contributed by atoms with E-state index >= 15 is 0 Å². The molecule has 3 rings (SSSR count). The van der Waals surface area contributed by atoms with E-state index in [0.29, 0.717) is 11.4 Å². The molecule has 22 heavy (non-hydrogen) atoms. The van der Waals surface area contributed by atoms with Crippen LogP contribution < -0.4 is 0 Å². The van der Waals surface area contributed by atoms with Crippen LogP contribution in [-0.4, -0.2) is 25.3 Å². The van der Waals surface area contributed by atoms with E-state index in [-0.39, 0.29) is 6.04 Å². The molecule has 0 radical (unpaired) electrons. The maximum atomic E-state index is 13.0. The van der Waals surface area contributed by atoms with Gasteiger partial charge in [0.1, 0.15) is 0 Å². The highest BCUT2D eigenvalue weighted by Crippen LogP contribution is 2.28. The Labute approximate surface area is 133 Å². The Morgan fingerprint density at radius 3 is 2.59 bits per heavy atom. The highest BCUT2D eigenvalue weighted by Gasteiger charge is 2.32. The summed E-state index contributed by atoms with van der Waals surface area (Å²) in [5, 5.41) is 2.07. The molecule has 2 aromatic carbocycles. The summed E-state index contributed by atoms with van der Waals surface area (Å²) in [4.78, 5) is 0.421. The Balaban J connectivity index is 2.02. The van der Waals surface area contributed by atoms with Gasteiger partial charge in [-0.25, -0.2) is 8.42 Å². The first kappa shape index (κ1) is 15.5. The molecule has 0 saturated carbocycles. The number of hydrogen-bond donors (Lipinski definition) is 0. The van der Waals surface area contributed by atoms with E-state index < -0.39 is 10.0 Å². The van der Waals surface area contributed by atoms with Gasteiger partial charge in [0, 0.05) is 12.6 Å². The molecule has 1 fully saturated rings. The molecule has 1 saturated heterocycles. The topological polar surface area (TPSA) is 37.4 Å². The molecule has 0 bridgehead atoms. The summed E-state index contributed by atoms with van der Waals surface area (Å²) in [5.74, 6) is 0. The molecule has 2 aromatic rings. The fraction of sp³-hybridized carbons (Fsp3) is 0.444. The van der Waals surface area contributed by atoms with Crippen molar-refractivity contribution in [3.63, 3.8) is 0 Å². The van der Waals surface area contributed by atoms with Crippen LogP contribution >= 0.6 is 0 Å². The number of nitrogens with zero attached hydrogens (tertiary/aromatic N) is 1. The number of piperidine rings is 1. The van der Waals surface area contributed by atoms with Crippen molar-refractivity contribution in [3.8, 4) is 0 Å². The smallest absolute Gasteiger partial charge is 0.207 e. The molecule has 3 nitrogen and oxygen atoms in total. The molecule has 118 valence electrons. The lowest BCUT2D eigenvalue weighted by molar-refractivity contribution is 0.246. The average Bonchev–Trinajstić information content (AvgIpc) is 2.54. The second-order valence-electron chi connectivity index (χ2n) is 6.19. The predicted molar refractivity (Wildman–Crippen MR) is 90.5 cm³/mol. The van der Waals surface area contributed by atoms with Crippen LogP contribution in [0.4, 0.5) is 0 Å². The Morgan fingerprint density at radius 1 is 1.09 bits per heavy atom. The van der Waals surface area contributed by atoms with Crippen LogP contribution in [-0.2, 0) is 10.0 Å². The van der Waals surface area contributed by atoms with Crippen molar-refractivity contribution in [1.29, 1.82) is 0 Å². The molecule has 1 atom stereocenters. The molecule has 0 amide bonds. The second-order valence-corrected chi connectivity index (χ2v) is 8.08. The molecule has 0 aromatic heterocycles. The van der Waals surface area contributed by atoms with Crippen molar-refractivity contribution in [2.24, 2.45) is 0 Å². The summed E-state index contributed by atoms with van der Waals surface area (Å²) in [6.45, 7) is 4.76. The number of sulfonamides is 1. The van der Waals surface area contributed by atoms with E-state index in [1.807, 2.05) is 31.2 Å². The monoisotopic (exact) mass is 317 g/mol. The van der Waals surface area contributed by atoms with Gasteiger partial charge in [-0.05, 0) is 49.1 Å². The lowest BCUT2D eigenvalue weighted by atomic mass is 10.0. The summed E-state index contributed by atoms with van der Waals surface area (Å²) >= 11 is 0. The summed E-state index contributed by atoms with van der Waals surface area (Å²) in [7, 11) is -3.39. The van der Waals surface area contributed by atoms with E-state index in [1.165, 1.54) is 5.56 Å². The van der Waals surface area contributed by atoms with Crippen molar-refractivity contribution < 1.29 is 8.42 Å². The first-order valence-corrected chi connectivity index (χ1v) is 9.48. The maximum Gasteiger partial charge on any atom is 0.243 e. The zero-order valence-electron chi connectivity index (χ0n) is 13.2. The minimum atomic E-state index is -3.39. The van der Waals surface area contributed by atoms with Crippen LogP contribution in [0.3, 0.4) is 0 Å².